The van der Waals surface area contributed by atoms with Gasteiger partial charge in [-0.05, 0) is 60.7 Å². The van der Waals surface area contributed by atoms with Crippen molar-refractivity contribution in [1.82, 2.24) is 5.32 Å². The highest BCUT2D eigenvalue weighted by Gasteiger charge is 2.30. The molecule has 35 heavy (non-hydrogen) atoms. The molecule has 2 amide bonds. The topological polar surface area (TPSA) is 105 Å². The molecule has 0 saturated carbocycles. The number of carbonyl (C=O) groups excluding carboxylic acids is 2. The van der Waals surface area contributed by atoms with E-state index in [1.165, 1.54) is 12.1 Å². The summed E-state index contributed by atoms with van der Waals surface area (Å²) in [5.74, 6) is -1.47. The first-order valence-electron chi connectivity index (χ1n) is 11.4. The van der Waals surface area contributed by atoms with Crippen LogP contribution < -0.4 is 10.6 Å². The number of carboxylic acids is 1. The van der Waals surface area contributed by atoms with Crippen LogP contribution in [-0.2, 0) is 9.53 Å². The van der Waals surface area contributed by atoms with Crippen LogP contribution in [0.4, 0.5) is 10.5 Å². The lowest BCUT2D eigenvalue weighted by atomic mass is 9.98. The van der Waals surface area contributed by atoms with Gasteiger partial charge in [0.25, 0.3) is 0 Å². The number of carbonyl (C=O) groups is 3. The number of alkyl carbamates (subject to hydrolysis) is 1. The van der Waals surface area contributed by atoms with Gasteiger partial charge in [-0.15, -0.1) is 0 Å². The standard InChI is InChI=1S/C28H28N2O5/c1-17-12-13-18(26(32)33)14-24(17)29-25(31)15-28(2,3)30-27(34)35-16-23-21-10-6-4-8-19(21)20-9-5-7-11-22(20)23/h4-14,23H,15-16H2,1-3H3,(H,29,31)(H,30,34)(H,32,33). The average Bonchev–Trinajstić information content (AvgIpc) is 3.12. The maximum atomic E-state index is 12.6. The van der Waals surface area contributed by atoms with Gasteiger partial charge in [-0.2, -0.15) is 0 Å². The van der Waals surface area contributed by atoms with E-state index in [0.29, 0.717) is 5.69 Å². The zero-order valence-electron chi connectivity index (χ0n) is 19.9. The average molecular weight is 473 g/mol. The quantitative estimate of drug-likeness (QED) is 0.431. The predicted molar refractivity (Wildman–Crippen MR) is 134 cm³/mol. The van der Waals surface area contributed by atoms with Crippen LogP contribution >= 0.6 is 0 Å². The van der Waals surface area contributed by atoms with Crippen molar-refractivity contribution < 1.29 is 24.2 Å². The number of ether oxygens (including phenoxy) is 1. The van der Waals surface area contributed by atoms with Gasteiger partial charge < -0.3 is 20.5 Å². The molecule has 180 valence electrons. The number of amides is 2. The highest BCUT2D eigenvalue weighted by Crippen LogP contribution is 2.44. The molecule has 3 aromatic carbocycles. The molecule has 3 N–H and O–H groups in total. The van der Waals surface area contributed by atoms with Crippen molar-refractivity contribution >= 4 is 23.7 Å². The van der Waals surface area contributed by atoms with Gasteiger partial charge in [-0.25, -0.2) is 9.59 Å². The SMILES string of the molecule is Cc1ccc(C(=O)O)cc1NC(=O)CC(C)(C)NC(=O)OCC1c2ccccc2-c2ccccc21. The second-order valence-electron chi connectivity index (χ2n) is 9.39. The van der Waals surface area contributed by atoms with Crippen LogP contribution in [0.5, 0.6) is 0 Å². The van der Waals surface area contributed by atoms with Gasteiger partial charge in [0, 0.05) is 23.6 Å². The maximum Gasteiger partial charge on any atom is 0.407 e. The molecule has 0 unspecified atom stereocenters. The van der Waals surface area contributed by atoms with Crippen LogP contribution in [0.1, 0.15) is 53.2 Å². The Morgan fingerprint density at radius 1 is 0.943 bits per heavy atom. The molecule has 7 nitrogen and oxygen atoms in total. The molecule has 0 spiro atoms. The van der Waals surface area contributed by atoms with Gasteiger partial charge in [0.2, 0.25) is 5.91 Å². The van der Waals surface area contributed by atoms with E-state index in [9.17, 15) is 19.5 Å². The maximum absolute atomic E-state index is 12.6. The number of aryl methyl sites for hydroxylation is 1. The fourth-order valence-corrected chi connectivity index (χ4v) is 4.44. The number of rotatable bonds is 7. The van der Waals surface area contributed by atoms with Crippen LogP contribution in [0.25, 0.3) is 11.1 Å². The molecule has 0 radical (unpaired) electrons. The third kappa shape index (κ3) is 5.35. The van der Waals surface area contributed by atoms with Crippen molar-refractivity contribution in [3.8, 4) is 11.1 Å². The molecule has 0 atom stereocenters. The smallest absolute Gasteiger partial charge is 0.407 e. The van der Waals surface area contributed by atoms with Gasteiger partial charge >= 0.3 is 12.1 Å². The van der Waals surface area contributed by atoms with E-state index < -0.39 is 17.6 Å². The van der Waals surface area contributed by atoms with E-state index in [-0.39, 0.29) is 30.4 Å². The van der Waals surface area contributed by atoms with E-state index >= 15 is 0 Å². The highest BCUT2D eigenvalue weighted by atomic mass is 16.5. The number of fused-ring (bicyclic) bond motifs is 3. The van der Waals surface area contributed by atoms with Crippen LogP contribution in [0.2, 0.25) is 0 Å². The number of aromatic carboxylic acids is 1. The second-order valence-corrected chi connectivity index (χ2v) is 9.39. The third-order valence-electron chi connectivity index (χ3n) is 6.15. The van der Waals surface area contributed by atoms with Gasteiger partial charge in [0.1, 0.15) is 6.61 Å². The predicted octanol–water partition coefficient (Wildman–Crippen LogP) is 5.34. The van der Waals surface area contributed by atoms with Crippen molar-refractivity contribution in [2.75, 3.05) is 11.9 Å². The zero-order valence-corrected chi connectivity index (χ0v) is 19.9. The Labute approximate surface area is 204 Å². The van der Waals surface area contributed by atoms with Gasteiger partial charge in [0.15, 0.2) is 0 Å². The lowest BCUT2D eigenvalue weighted by Crippen LogP contribution is -2.46. The second kappa shape index (κ2) is 9.62. The summed E-state index contributed by atoms with van der Waals surface area (Å²) in [5.41, 5.74) is 4.91. The molecule has 0 heterocycles. The molecule has 7 heteroatoms. The lowest BCUT2D eigenvalue weighted by Gasteiger charge is -2.26. The van der Waals surface area contributed by atoms with Crippen molar-refractivity contribution in [2.24, 2.45) is 0 Å². The van der Waals surface area contributed by atoms with Gasteiger partial charge in [-0.1, -0.05) is 54.6 Å². The van der Waals surface area contributed by atoms with Crippen LogP contribution in [0.15, 0.2) is 66.7 Å². The first-order valence-corrected chi connectivity index (χ1v) is 11.4. The fourth-order valence-electron chi connectivity index (χ4n) is 4.44. The summed E-state index contributed by atoms with van der Waals surface area (Å²) in [5, 5.41) is 14.7. The zero-order chi connectivity index (χ0) is 25.2. The molecule has 1 aliphatic carbocycles. The third-order valence-corrected chi connectivity index (χ3v) is 6.15. The minimum Gasteiger partial charge on any atom is -0.478 e. The molecular formula is C28H28N2O5. The van der Waals surface area contributed by atoms with E-state index in [0.717, 1.165) is 27.8 Å². The van der Waals surface area contributed by atoms with Crippen molar-refractivity contribution in [1.29, 1.82) is 0 Å². The summed E-state index contributed by atoms with van der Waals surface area (Å²) in [6, 6.07) is 20.7. The Morgan fingerprint density at radius 2 is 1.54 bits per heavy atom. The van der Waals surface area contributed by atoms with Crippen molar-refractivity contribution in [2.45, 2.75) is 38.6 Å². The molecular weight excluding hydrogens is 444 g/mol. The van der Waals surface area contributed by atoms with Gasteiger partial charge in [-0.3, -0.25) is 4.79 Å². The number of carboxylic acid groups (broad SMARTS) is 1. The first-order chi connectivity index (χ1) is 16.6. The number of nitrogens with one attached hydrogen (secondary N) is 2. The molecule has 0 fully saturated rings. The first kappa shape index (κ1) is 24.0. The minimum atomic E-state index is -1.07. The summed E-state index contributed by atoms with van der Waals surface area (Å²) < 4.78 is 5.59. The van der Waals surface area contributed by atoms with Crippen molar-refractivity contribution in [3.05, 3.63) is 89.0 Å². The van der Waals surface area contributed by atoms with Crippen LogP contribution in [0, 0.1) is 6.92 Å². The molecule has 3 aromatic rings. The molecule has 0 saturated heterocycles. The summed E-state index contributed by atoms with van der Waals surface area (Å²) in [7, 11) is 0. The largest absolute Gasteiger partial charge is 0.478 e. The van der Waals surface area contributed by atoms with Crippen LogP contribution in [0.3, 0.4) is 0 Å². The Morgan fingerprint density at radius 3 is 2.14 bits per heavy atom. The minimum absolute atomic E-state index is 0.0199. The fraction of sp³-hybridized carbons (Fsp3) is 0.250. The summed E-state index contributed by atoms with van der Waals surface area (Å²) in [4.78, 5) is 36.5. The Balaban J connectivity index is 1.36. The molecule has 1 aliphatic rings. The normalized spacial score (nSPS) is 12.4. The van der Waals surface area contributed by atoms with Gasteiger partial charge in [0.05, 0.1) is 5.56 Å². The monoisotopic (exact) mass is 472 g/mol. The van der Waals surface area contributed by atoms with E-state index in [4.69, 9.17) is 4.74 Å². The highest BCUT2D eigenvalue weighted by molar-refractivity contribution is 5.95. The van der Waals surface area contributed by atoms with Crippen LogP contribution in [-0.4, -0.2) is 35.2 Å². The number of anilines is 1. The number of benzene rings is 3. The number of hydrogen-bond acceptors (Lipinski definition) is 4. The summed E-state index contributed by atoms with van der Waals surface area (Å²) in [6.07, 6.45) is -0.623. The summed E-state index contributed by atoms with van der Waals surface area (Å²) >= 11 is 0. The van der Waals surface area contributed by atoms with E-state index in [2.05, 4.69) is 34.9 Å². The lowest BCUT2D eigenvalue weighted by molar-refractivity contribution is -0.117. The number of hydrogen-bond donors (Lipinski definition) is 3. The van der Waals surface area contributed by atoms with E-state index in [1.807, 2.05) is 24.3 Å². The van der Waals surface area contributed by atoms with Crippen molar-refractivity contribution in [3.63, 3.8) is 0 Å². The molecule has 0 aromatic heterocycles. The molecule has 0 bridgehead atoms. The molecule has 4 rings (SSSR count). The summed E-state index contributed by atoms with van der Waals surface area (Å²) in [6.45, 7) is 5.42. The Kier molecular flexibility index (Phi) is 6.60. The molecule has 0 aliphatic heterocycles. The van der Waals surface area contributed by atoms with E-state index in [1.54, 1.807) is 26.8 Å². The Bertz CT molecular complexity index is 1250. The Hall–Kier alpha value is -4.13.